The van der Waals surface area contributed by atoms with E-state index >= 15 is 0 Å². The molecular formula is C13H18NO-. The van der Waals surface area contributed by atoms with E-state index < -0.39 is 0 Å². The third kappa shape index (κ3) is 1.81. The van der Waals surface area contributed by atoms with Crippen LogP contribution < -0.4 is 0 Å². The first-order valence-electron chi connectivity index (χ1n) is 5.44. The Balaban J connectivity index is 2.23. The van der Waals surface area contributed by atoms with Gasteiger partial charge in [-0.3, -0.25) is 4.79 Å². The zero-order chi connectivity index (χ0) is 11.1. The van der Waals surface area contributed by atoms with Crippen molar-refractivity contribution in [3.63, 3.8) is 0 Å². The number of allylic oxidation sites excluding steroid dienone is 2. The lowest BCUT2D eigenvalue weighted by atomic mass is 9.83. The summed E-state index contributed by atoms with van der Waals surface area (Å²) in [6, 6.07) is 0. The van der Waals surface area contributed by atoms with Gasteiger partial charge in [0.15, 0.2) is 0 Å². The maximum absolute atomic E-state index is 11.9. The molecule has 15 heavy (non-hydrogen) atoms. The number of amides is 1. The summed E-state index contributed by atoms with van der Waals surface area (Å²) in [5.41, 5.74) is -0.109. The van der Waals surface area contributed by atoms with E-state index in [9.17, 15) is 4.79 Å². The minimum Gasteiger partial charge on any atom is -0.339 e. The first-order valence-corrected chi connectivity index (χ1v) is 5.44. The van der Waals surface area contributed by atoms with Gasteiger partial charge >= 0.3 is 0 Å². The molecule has 0 saturated carbocycles. The molecule has 0 aromatic rings. The van der Waals surface area contributed by atoms with E-state index in [0.717, 1.165) is 6.54 Å². The van der Waals surface area contributed by atoms with Gasteiger partial charge in [0.2, 0.25) is 5.91 Å². The lowest BCUT2D eigenvalue weighted by Crippen LogP contribution is -2.43. The maximum atomic E-state index is 11.9. The molecule has 0 atom stereocenters. The molecule has 2 nitrogen and oxygen atoms in total. The van der Waals surface area contributed by atoms with Crippen LogP contribution in [-0.4, -0.2) is 22.9 Å². The summed E-state index contributed by atoms with van der Waals surface area (Å²) in [5, 5.41) is 0. The average molecular weight is 204 g/mol. The van der Waals surface area contributed by atoms with E-state index in [1.807, 2.05) is 23.5 Å². The smallest absolute Gasteiger partial charge is 0.222 e. The molecule has 2 aliphatic rings. The Hall–Kier alpha value is -1.18. The zero-order valence-electron chi connectivity index (χ0n) is 9.66. The van der Waals surface area contributed by atoms with Gasteiger partial charge in [0.05, 0.1) is 0 Å². The normalized spacial score (nSPS) is 23.7. The predicted molar refractivity (Wildman–Crippen MR) is 61.1 cm³/mol. The highest BCUT2D eigenvalue weighted by Gasteiger charge is 2.40. The van der Waals surface area contributed by atoms with Crippen LogP contribution in [0.3, 0.4) is 0 Å². The number of nitrogens with zero attached hydrogens (tertiary/aromatic N) is 1. The maximum Gasteiger partial charge on any atom is 0.222 e. The third-order valence-electron chi connectivity index (χ3n) is 3.12. The van der Waals surface area contributed by atoms with Gasteiger partial charge in [0, 0.05) is 18.5 Å². The first-order chi connectivity index (χ1) is 6.93. The Morgan fingerprint density at radius 1 is 1.33 bits per heavy atom. The Morgan fingerprint density at radius 2 is 1.93 bits per heavy atom. The Morgan fingerprint density at radius 3 is 2.40 bits per heavy atom. The molecule has 1 aliphatic carbocycles. The van der Waals surface area contributed by atoms with Crippen molar-refractivity contribution in [3.8, 4) is 0 Å². The zero-order valence-corrected chi connectivity index (χ0v) is 9.66. The minimum absolute atomic E-state index is 0.0425. The van der Waals surface area contributed by atoms with E-state index in [1.54, 1.807) is 0 Å². The Kier molecular flexibility index (Phi) is 2.18. The summed E-state index contributed by atoms with van der Waals surface area (Å²) in [6.07, 6.45) is 11.0. The van der Waals surface area contributed by atoms with Crippen molar-refractivity contribution in [1.29, 1.82) is 0 Å². The van der Waals surface area contributed by atoms with E-state index in [4.69, 9.17) is 0 Å². The topological polar surface area (TPSA) is 20.3 Å². The molecular weight excluding hydrogens is 186 g/mol. The number of hydrogen-bond acceptors (Lipinski definition) is 1. The van der Waals surface area contributed by atoms with E-state index in [1.165, 1.54) is 0 Å². The number of likely N-dealkylation sites (tertiary alicyclic amines) is 1. The average Bonchev–Trinajstić information content (AvgIpc) is 2.44. The van der Waals surface area contributed by atoms with Gasteiger partial charge < -0.3 is 4.90 Å². The second-order valence-corrected chi connectivity index (χ2v) is 5.47. The summed E-state index contributed by atoms with van der Waals surface area (Å²) >= 11 is 0. The van der Waals surface area contributed by atoms with Crippen molar-refractivity contribution in [2.24, 2.45) is 5.41 Å². The van der Waals surface area contributed by atoms with Crippen molar-refractivity contribution in [2.75, 3.05) is 6.54 Å². The molecule has 0 aromatic heterocycles. The molecule has 0 unspecified atom stereocenters. The van der Waals surface area contributed by atoms with E-state index in [2.05, 4.69) is 32.9 Å². The standard InChI is InChI=1S/C13H18NO/c1-12(2,3)14-10-13(9-11(14)15)7-5-4-6-8-13/h4-8H,9-10H2,1-3H3/q-1. The van der Waals surface area contributed by atoms with Crippen LogP contribution in [0.1, 0.15) is 27.2 Å². The summed E-state index contributed by atoms with van der Waals surface area (Å²) in [7, 11) is 0. The summed E-state index contributed by atoms with van der Waals surface area (Å²) in [4.78, 5) is 13.9. The molecule has 2 rings (SSSR count). The second-order valence-electron chi connectivity index (χ2n) is 5.47. The molecule has 1 spiro atoms. The number of carbonyl (C=O) groups is 1. The third-order valence-corrected chi connectivity index (χ3v) is 3.12. The number of rotatable bonds is 0. The van der Waals surface area contributed by atoms with Crippen molar-refractivity contribution in [3.05, 3.63) is 30.7 Å². The van der Waals surface area contributed by atoms with Gasteiger partial charge in [0.25, 0.3) is 0 Å². The van der Waals surface area contributed by atoms with Gasteiger partial charge in [-0.1, -0.05) is 5.41 Å². The van der Waals surface area contributed by atoms with Crippen LogP contribution in [0.5, 0.6) is 0 Å². The van der Waals surface area contributed by atoms with Gasteiger partial charge in [-0.15, -0.1) is 0 Å². The molecule has 1 aliphatic heterocycles. The molecule has 1 fully saturated rings. The molecule has 2 heteroatoms. The van der Waals surface area contributed by atoms with Crippen molar-refractivity contribution in [1.82, 2.24) is 4.90 Å². The molecule has 0 N–H and O–H groups in total. The molecule has 1 saturated heterocycles. The van der Waals surface area contributed by atoms with Crippen molar-refractivity contribution >= 4 is 5.91 Å². The van der Waals surface area contributed by atoms with E-state index in [0.29, 0.717) is 6.42 Å². The van der Waals surface area contributed by atoms with Crippen molar-refractivity contribution in [2.45, 2.75) is 32.7 Å². The largest absolute Gasteiger partial charge is 0.339 e. The summed E-state index contributed by atoms with van der Waals surface area (Å²) in [6.45, 7) is 7.08. The predicted octanol–water partition coefficient (Wildman–Crippen LogP) is 2.33. The lowest BCUT2D eigenvalue weighted by Gasteiger charge is -2.36. The molecule has 82 valence electrons. The summed E-state index contributed by atoms with van der Waals surface area (Å²) in [5.74, 6) is 0.263. The minimum atomic E-state index is -0.0660. The fourth-order valence-electron chi connectivity index (χ4n) is 2.26. The van der Waals surface area contributed by atoms with Gasteiger partial charge in [-0.25, -0.2) is 0 Å². The van der Waals surface area contributed by atoms with Crippen LogP contribution in [0.25, 0.3) is 0 Å². The second kappa shape index (κ2) is 3.16. The van der Waals surface area contributed by atoms with Crippen molar-refractivity contribution < 1.29 is 4.79 Å². The molecule has 1 amide bonds. The fourth-order valence-corrected chi connectivity index (χ4v) is 2.26. The SMILES string of the molecule is CC(C)(C)N1CC2(C=C[CH-]C=C2)CC1=O. The quantitative estimate of drug-likeness (QED) is 0.555. The van der Waals surface area contributed by atoms with Crippen LogP contribution >= 0.6 is 0 Å². The summed E-state index contributed by atoms with van der Waals surface area (Å²) < 4.78 is 0. The first kappa shape index (κ1) is 10.3. The molecule has 1 heterocycles. The Bertz CT molecular complexity index is 321. The highest BCUT2D eigenvalue weighted by molar-refractivity contribution is 5.81. The van der Waals surface area contributed by atoms with Crippen LogP contribution in [0, 0.1) is 11.8 Å². The van der Waals surface area contributed by atoms with Crippen LogP contribution in [-0.2, 0) is 4.79 Å². The molecule has 0 bridgehead atoms. The van der Waals surface area contributed by atoms with Crippen LogP contribution in [0.15, 0.2) is 24.3 Å². The Labute approximate surface area is 91.6 Å². The highest BCUT2D eigenvalue weighted by Crippen LogP contribution is 2.39. The van der Waals surface area contributed by atoms with Gasteiger partial charge in [-0.05, 0) is 20.8 Å². The van der Waals surface area contributed by atoms with Crippen LogP contribution in [0.2, 0.25) is 0 Å². The monoisotopic (exact) mass is 204 g/mol. The van der Waals surface area contributed by atoms with Crippen LogP contribution in [0.4, 0.5) is 0 Å². The highest BCUT2D eigenvalue weighted by atomic mass is 16.2. The number of carbonyl (C=O) groups excluding carboxylic acids is 1. The van der Waals surface area contributed by atoms with E-state index in [-0.39, 0.29) is 16.9 Å². The molecule has 0 radical (unpaired) electrons. The molecule has 0 aromatic carbocycles. The fraction of sp³-hybridized carbons (Fsp3) is 0.538. The number of hydrogen-bond donors (Lipinski definition) is 0. The lowest BCUT2D eigenvalue weighted by molar-refractivity contribution is -0.131. The van der Waals surface area contributed by atoms with Gasteiger partial charge in [0.1, 0.15) is 0 Å². The van der Waals surface area contributed by atoms with Gasteiger partial charge in [-0.2, -0.15) is 30.7 Å².